The van der Waals surface area contributed by atoms with Crippen molar-refractivity contribution in [2.75, 3.05) is 18.4 Å². The van der Waals surface area contributed by atoms with E-state index in [9.17, 15) is 9.59 Å². The number of halogens is 1. The number of amides is 2. The quantitative estimate of drug-likeness (QED) is 0.505. The molecule has 1 saturated heterocycles. The number of thiophene rings is 1. The first-order valence-electron chi connectivity index (χ1n) is 9.90. The number of nitrogens with one attached hydrogen (secondary N) is 1. The van der Waals surface area contributed by atoms with Gasteiger partial charge in [-0.25, -0.2) is 4.79 Å². The summed E-state index contributed by atoms with van der Waals surface area (Å²) in [5.74, 6) is 0.556. The van der Waals surface area contributed by atoms with Crippen molar-refractivity contribution < 1.29 is 19.4 Å². The Kier molecular flexibility index (Phi) is 6.44. The zero-order chi connectivity index (χ0) is 21.8. The van der Waals surface area contributed by atoms with Crippen LogP contribution in [0.1, 0.15) is 22.5 Å². The van der Waals surface area contributed by atoms with E-state index in [4.69, 9.17) is 21.4 Å². The van der Waals surface area contributed by atoms with E-state index in [0.29, 0.717) is 41.5 Å². The highest BCUT2D eigenvalue weighted by molar-refractivity contribution is 7.17. The maximum Gasteiger partial charge on any atom is 0.407 e. The molecule has 0 aliphatic carbocycles. The number of ether oxygens (including phenoxy) is 1. The van der Waals surface area contributed by atoms with Crippen LogP contribution in [-0.2, 0) is 0 Å². The molecule has 2 heterocycles. The minimum atomic E-state index is -0.887. The highest BCUT2D eigenvalue weighted by atomic mass is 35.5. The number of benzene rings is 2. The standard InChI is InChI=1S/C23H21ClN2O4S/c24-15-5-7-16(8-6-15)25-22(27)21-10-9-20(31-21)18-3-1-2-4-19(18)30-17-11-13-26(14-12-17)23(28)29/h1-10,17H,11-14H2,(H,25,27)(H,28,29). The lowest BCUT2D eigenvalue weighted by atomic mass is 10.1. The van der Waals surface area contributed by atoms with Gasteiger partial charge in [0.1, 0.15) is 11.9 Å². The van der Waals surface area contributed by atoms with Crippen molar-refractivity contribution in [2.24, 2.45) is 0 Å². The predicted molar refractivity (Wildman–Crippen MR) is 122 cm³/mol. The molecule has 6 nitrogen and oxygen atoms in total. The zero-order valence-corrected chi connectivity index (χ0v) is 18.2. The zero-order valence-electron chi connectivity index (χ0n) is 16.6. The third-order valence-corrected chi connectivity index (χ3v) is 6.46. The largest absolute Gasteiger partial charge is 0.490 e. The van der Waals surface area contributed by atoms with E-state index in [1.165, 1.54) is 16.2 Å². The molecular formula is C23H21ClN2O4S. The van der Waals surface area contributed by atoms with Gasteiger partial charge in [-0.05, 0) is 48.5 Å². The lowest BCUT2D eigenvalue weighted by molar-refractivity contribution is 0.0897. The molecule has 0 spiro atoms. The molecule has 8 heteroatoms. The molecule has 0 radical (unpaired) electrons. The summed E-state index contributed by atoms with van der Waals surface area (Å²) < 4.78 is 6.22. The van der Waals surface area contributed by atoms with Crippen molar-refractivity contribution in [3.63, 3.8) is 0 Å². The van der Waals surface area contributed by atoms with Crippen LogP contribution in [0.15, 0.2) is 60.7 Å². The smallest absolute Gasteiger partial charge is 0.407 e. The van der Waals surface area contributed by atoms with E-state index in [1.807, 2.05) is 30.3 Å². The number of carbonyl (C=O) groups excluding carboxylic acids is 1. The van der Waals surface area contributed by atoms with E-state index in [0.717, 1.165) is 16.2 Å². The topological polar surface area (TPSA) is 78.9 Å². The summed E-state index contributed by atoms with van der Waals surface area (Å²) in [5, 5.41) is 12.6. The molecule has 2 amide bonds. The maximum absolute atomic E-state index is 12.6. The van der Waals surface area contributed by atoms with E-state index >= 15 is 0 Å². The van der Waals surface area contributed by atoms with Crippen LogP contribution in [0.5, 0.6) is 5.75 Å². The Labute approximate surface area is 189 Å². The van der Waals surface area contributed by atoms with E-state index in [1.54, 1.807) is 30.3 Å². The number of nitrogens with zero attached hydrogens (tertiary/aromatic N) is 1. The van der Waals surface area contributed by atoms with Gasteiger partial charge in [-0.1, -0.05) is 23.7 Å². The second kappa shape index (κ2) is 9.41. The van der Waals surface area contributed by atoms with E-state index < -0.39 is 6.09 Å². The van der Waals surface area contributed by atoms with Gasteiger partial charge < -0.3 is 20.1 Å². The van der Waals surface area contributed by atoms with Gasteiger partial charge in [0, 0.05) is 47.1 Å². The summed E-state index contributed by atoms with van der Waals surface area (Å²) in [7, 11) is 0. The van der Waals surface area contributed by atoms with Gasteiger partial charge in [0.15, 0.2) is 0 Å². The van der Waals surface area contributed by atoms with Crippen molar-refractivity contribution in [3.8, 4) is 16.2 Å². The number of carboxylic acid groups (broad SMARTS) is 1. The molecule has 0 saturated carbocycles. The third-order valence-electron chi connectivity index (χ3n) is 5.09. The molecule has 1 fully saturated rings. The summed E-state index contributed by atoms with van der Waals surface area (Å²) in [6.07, 6.45) is 0.380. The monoisotopic (exact) mass is 456 g/mol. The molecule has 1 aliphatic rings. The van der Waals surface area contributed by atoms with Gasteiger partial charge >= 0.3 is 6.09 Å². The number of likely N-dealkylation sites (tertiary alicyclic amines) is 1. The number of rotatable bonds is 5. The van der Waals surface area contributed by atoms with Crippen LogP contribution in [0.25, 0.3) is 10.4 Å². The van der Waals surface area contributed by atoms with Crippen molar-refractivity contribution in [1.82, 2.24) is 4.90 Å². The Bertz CT molecular complexity index is 1080. The Morgan fingerprint density at radius 1 is 1.03 bits per heavy atom. The molecular weight excluding hydrogens is 436 g/mol. The number of anilines is 1. The number of hydrogen-bond donors (Lipinski definition) is 2. The van der Waals surface area contributed by atoms with Gasteiger partial charge in [-0.3, -0.25) is 4.79 Å². The highest BCUT2D eigenvalue weighted by Gasteiger charge is 2.24. The predicted octanol–water partition coefficient (Wildman–Crippen LogP) is 5.84. The molecule has 4 rings (SSSR count). The Balaban J connectivity index is 1.46. The van der Waals surface area contributed by atoms with Crippen LogP contribution in [0.3, 0.4) is 0 Å². The first kappa shape index (κ1) is 21.2. The lowest BCUT2D eigenvalue weighted by Crippen LogP contribution is -2.41. The minimum Gasteiger partial charge on any atom is -0.490 e. The second-order valence-electron chi connectivity index (χ2n) is 7.21. The van der Waals surface area contributed by atoms with Crippen LogP contribution in [-0.4, -0.2) is 41.2 Å². The molecule has 160 valence electrons. The van der Waals surface area contributed by atoms with Crippen molar-refractivity contribution in [2.45, 2.75) is 18.9 Å². The fraction of sp³-hybridized carbons (Fsp3) is 0.217. The SMILES string of the molecule is O=C(Nc1ccc(Cl)cc1)c1ccc(-c2ccccc2OC2CCN(C(=O)O)CC2)s1. The van der Waals surface area contributed by atoms with Crippen LogP contribution in [0, 0.1) is 0 Å². The molecule has 3 aromatic rings. The molecule has 1 aliphatic heterocycles. The summed E-state index contributed by atoms with van der Waals surface area (Å²) >= 11 is 7.28. The van der Waals surface area contributed by atoms with Crippen molar-refractivity contribution in [3.05, 3.63) is 70.6 Å². The number of para-hydroxylation sites is 1. The van der Waals surface area contributed by atoms with Crippen LogP contribution in [0.4, 0.5) is 10.5 Å². The summed E-state index contributed by atoms with van der Waals surface area (Å²) in [4.78, 5) is 26.6. The molecule has 0 bridgehead atoms. The fourth-order valence-electron chi connectivity index (χ4n) is 3.45. The van der Waals surface area contributed by atoms with Crippen LogP contribution >= 0.6 is 22.9 Å². The lowest BCUT2D eigenvalue weighted by Gasteiger charge is -2.30. The van der Waals surface area contributed by atoms with Crippen LogP contribution < -0.4 is 10.1 Å². The highest BCUT2D eigenvalue weighted by Crippen LogP contribution is 2.36. The van der Waals surface area contributed by atoms with Gasteiger partial charge in [0.2, 0.25) is 0 Å². The Morgan fingerprint density at radius 2 is 1.74 bits per heavy atom. The average Bonchev–Trinajstić information content (AvgIpc) is 3.26. The maximum atomic E-state index is 12.6. The average molecular weight is 457 g/mol. The molecule has 2 N–H and O–H groups in total. The van der Waals surface area contributed by atoms with Gasteiger partial charge in [-0.15, -0.1) is 11.3 Å². The number of hydrogen-bond acceptors (Lipinski definition) is 4. The van der Waals surface area contributed by atoms with Crippen molar-refractivity contribution in [1.29, 1.82) is 0 Å². The van der Waals surface area contributed by atoms with Gasteiger partial charge in [0.05, 0.1) is 4.88 Å². The molecule has 1 aromatic heterocycles. The number of carbonyl (C=O) groups is 2. The molecule has 0 atom stereocenters. The second-order valence-corrected chi connectivity index (χ2v) is 8.73. The minimum absolute atomic E-state index is 0.0376. The fourth-order valence-corrected chi connectivity index (χ4v) is 4.51. The first-order chi connectivity index (χ1) is 15.0. The summed E-state index contributed by atoms with van der Waals surface area (Å²) in [6, 6.07) is 18.4. The number of piperidine rings is 1. The summed E-state index contributed by atoms with van der Waals surface area (Å²) in [5.41, 5.74) is 1.60. The van der Waals surface area contributed by atoms with E-state index in [-0.39, 0.29) is 12.0 Å². The van der Waals surface area contributed by atoms with E-state index in [2.05, 4.69) is 5.32 Å². The Morgan fingerprint density at radius 3 is 2.45 bits per heavy atom. The van der Waals surface area contributed by atoms with Gasteiger partial charge in [-0.2, -0.15) is 0 Å². The normalized spacial score (nSPS) is 14.3. The molecule has 2 aromatic carbocycles. The van der Waals surface area contributed by atoms with Crippen LogP contribution in [0.2, 0.25) is 5.02 Å². The summed E-state index contributed by atoms with van der Waals surface area (Å²) in [6.45, 7) is 0.937. The third kappa shape index (κ3) is 5.18. The molecule has 31 heavy (non-hydrogen) atoms. The van der Waals surface area contributed by atoms with Crippen molar-refractivity contribution >= 4 is 40.6 Å². The molecule has 0 unspecified atom stereocenters. The van der Waals surface area contributed by atoms with Gasteiger partial charge in [0.25, 0.3) is 5.91 Å². The first-order valence-corrected chi connectivity index (χ1v) is 11.1. The Hall–Kier alpha value is -3.03.